The number of carbonyl (C=O) groups excluding carboxylic acids is 1. The first-order valence-corrected chi connectivity index (χ1v) is 5.87. The Kier molecular flexibility index (Phi) is 3.63. The maximum Gasteiger partial charge on any atom is 0.252 e. The van der Waals surface area contributed by atoms with Crippen molar-refractivity contribution in [2.75, 3.05) is 31.6 Å². The summed E-state index contributed by atoms with van der Waals surface area (Å²) >= 11 is 0. The van der Waals surface area contributed by atoms with E-state index in [0.717, 1.165) is 13.1 Å². The number of nitrogens with zero attached hydrogens (tertiary/aromatic N) is 1. The van der Waals surface area contributed by atoms with Crippen LogP contribution in [0.25, 0.3) is 0 Å². The van der Waals surface area contributed by atoms with Crippen molar-refractivity contribution in [3.63, 3.8) is 0 Å². The zero-order valence-electron chi connectivity index (χ0n) is 10.6. The fourth-order valence-electron chi connectivity index (χ4n) is 1.72. The van der Waals surface area contributed by atoms with Crippen molar-refractivity contribution in [3.05, 3.63) is 30.1 Å². The summed E-state index contributed by atoms with van der Waals surface area (Å²) in [6.07, 6.45) is 0. The van der Waals surface area contributed by atoms with E-state index in [1.54, 1.807) is 19.2 Å². The summed E-state index contributed by atoms with van der Waals surface area (Å²) < 4.78 is 18.3. The van der Waals surface area contributed by atoms with Crippen LogP contribution in [0, 0.1) is 5.82 Å². The Bertz CT molecular complexity index is 429. The van der Waals surface area contributed by atoms with Crippen molar-refractivity contribution in [1.29, 1.82) is 0 Å². The highest BCUT2D eigenvalue weighted by Gasteiger charge is 2.33. The molecule has 1 N–H and O–H groups in total. The lowest BCUT2D eigenvalue weighted by Crippen LogP contribution is -2.59. The molecular formula is C13H17FN2O2. The molecule has 1 heterocycles. The summed E-state index contributed by atoms with van der Waals surface area (Å²) in [6, 6.07) is 5.80. The third kappa shape index (κ3) is 2.86. The third-order valence-electron chi connectivity index (χ3n) is 3.13. The Morgan fingerprint density at radius 3 is 2.56 bits per heavy atom. The molecular weight excluding hydrogens is 235 g/mol. The van der Waals surface area contributed by atoms with E-state index in [2.05, 4.69) is 5.32 Å². The van der Waals surface area contributed by atoms with E-state index in [9.17, 15) is 9.18 Å². The number of ether oxygens (including phenoxy) is 1. The number of amides is 1. The first-order valence-electron chi connectivity index (χ1n) is 5.87. The van der Waals surface area contributed by atoms with Gasteiger partial charge >= 0.3 is 0 Å². The van der Waals surface area contributed by atoms with Gasteiger partial charge in [-0.05, 0) is 31.2 Å². The number of benzene rings is 1. The lowest BCUT2D eigenvalue weighted by atomic mass is 10.0. The largest absolute Gasteiger partial charge is 0.363 e. The molecule has 5 heteroatoms. The average Bonchev–Trinajstić information content (AvgIpc) is 2.33. The Morgan fingerprint density at radius 1 is 1.44 bits per heavy atom. The van der Waals surface area contributed by atoms with E-state index < -0.39 is 0 Å². The summed E-state index contributed by atoms with van der Waals surface area (Å²) in [4.78, 5) is 13.4. The number of nitrogens with one attached hydrogen (secondary N) is 1. The number of likely N-dealkylation sites (N-methyl/N-ethyl adjacent to an activating group) is 1. The van der Waals surface area contributed by atoms with Crippen LogP contribution in [0.2, 0.25) is 0 Å². The molecule has 1 aliphatic rings. The summed E-state index contributed by atoms with van der Waals surface area (Å²) in [7, 11) is 1.65. The maximum atomic E-state index is 12.8. The van der Waals surface area contributed by atoms with Crippen LogP contribution in [-0.4, -0.2) is 38.3 Å². The van der Waals surface area contributed by atoms with Gasteiger partial charge in [0, 0.05) is 25.8 Å². The minimum Gasteiger partial charge on any atom is -0.363 e. The van der Waals surface area contributed by atoms with Crippen LogP contribution in [0.5, 0.6) is 0 Å². The predicted molar refractivity (Wildman–Crippen MR) is 67.0 cm³/mol. The molecule has 0 aromatic heterocycles. The van der Waals surface area contributed by atoms with Gasteiger partial charge in [-0.2, -0.15) is 0 Å². The number of hydrogen-bond acceptors (Lipinski definition) is 3. The van der Waals surface area contributed by atoms with Crippen LogP contribution in [-0.2, 0) is 9.53 Å². The number of hydrogen-bond donors (Lipinski definition) is 1. The number of rotatable bonds is 4. The van der Waals surface area contributed by atoms with Gasteiger partial charge in [-0.15, -0.1) is 0 Å². The molecule has 1 saturated heterocycles. The molecule has 1 aromatic rings. The maximum absolute atomic E-state index is 12.8. The molecule has 18 heavy (non-hydrogen) atoms. The van der Waals surface area contributed by atoms with Crippen molar-refractivity contribution in [2.24, 2.45) is 0 Å². The molecule has 0 bridgehead atoms. The Hall–Kier alpha value is -1.46. The average molecular weight is 252 g/mol. The summed E-state index contributed by atoms with van der Waals surface area (Å²) in [5.41, 5.74) is 0.418. The zero-order valence-corrected chi connectivity index (χ0v) is 10.6. The van der Waals surface area contributed by atoms with Crippen molar-refractivity contribution >= 4 is 11.6 Å². The molecule has 0 saturated carbocycles. The van der Waals surface area contributed by atoms with Crippen LogP contribution in [0.1, 0.15) is 6.92 Å². The highest BCUT2D eigenvalue weighted by Crippen LogP contribution is 2.17. The molecule has 0 radical (unpaired) electrons. The SMILES string of the molecule is CN(C(=O)COC1(C)CNC1)c1ccc(F)cc1. The minimum atomic E-state index is -0.316. The summed E-state index contributed by atoms with van der Waals surface area (Å²) in [6.45, 7) is 3.53. The zero-order chi connectivity index (χ0) is 13.2. The molecule has 0 aliphatic carbocycles. The van der Waals surface area contributed by atoms with Crippen molar-refractivity contribution in [1.82, 2.24) is 5.32 Å². The standard InChI is InChI=1S/C13H17FN2O2/c1-13(8-15-9-13)18-7-12(17)16(2)11-5-3-10(14)4-6-11/h3-6,15H,7-9H2,1-2H3. The monoisotopic (exact) mass is 252 g/mol. The van der Waals surface area contributed by atoms with Gasteiger partial charge in [0.25, 0.3) is 5.91 Å². The topological polar surface area (TPSA) is 41.6 Å². The molecule has 4 nitrogen and oxygen atoms in total. The summed E-state index contributed by atoms with van der Waals surface area (Å²) in [5.74, 6) is -0.460. The van der Waals surface area contributed by atoms with Crippen LogP contribution < -0.4 is 10.2 Å². The van der Waals surface area contributed by atoms with Crippen molar-refractivity contribution in [3.8, 4) is 0 Å². The molecule has 1 aliphatic heterocycles. The fraction of sp³-hybridized carbons (Fsp3) is 0.462. The van der Waals surface area contributed by atoms with E-state index in [-0.39, 0.29) is 23.9 Å². The minimum absolute atomic E-state index is 0.0338. The molecule has 1 amide bonds. The van der Waals surface area contributed by atoms with Gasteiger partial charge < -0.3 is 15.0 Å². The molecule has 98 valence electrons. The first-order chi connectivity index (χ1) is 8.50. The molecule has 2 rings (SSSR count). The van der Waals surface area contributed by atoms with Crippen LogP contribution in [0.15, 0.2) is 24.3 Å². The van der Waals surface area contributed by atoms with E-state index in [4.69, 9.17) is 4.74 Å². The van der Waals surface area contributed by atoms with Crippen LogP contribution >= 0.6 is 0 Å². The van der Waals surface area contributed by atoms with Crippen LogP contribution in [0.4, 0.5) is 10.1 Å². The van der Waals surface area contributed by atoms with E-state index >= 15 is 0 Å². The molecule has 0 spiro atoms. The van der Waals surface area contributed by atoms with Crippen molar-refractivity contribution in [2.45, 2.75) is 12.5 Å². The number of anilines is 1. The van der Waals surface area contributed by atoms with Crippen LogP contribution in [0.3, 0.4) is 0 Å². The second kappa shape index (κ2) is 5.04. The fourth-order valence-corrected chi connectivity index (χ4v) is 1.72. The predicted octanol–water partition coefficient (Wildman–Crippen LogP) is 1.17. The normalized spacial score (nSPS) is 17.1. The Balaban J connectivity index is 1.90. The summed E-state index contributed by atoms with van der Waals surface area (Å²) in [5, 5.41) is 3.10. The molecule has 1 fully saturated rings. The molecule has 0 atom stereocenters. The van der Waals surface area contributed by atoms with E-state index in [1.807, 2.05) is 6.92 Å². The van der Waals surface area contributed by atoms with Gasteiger partial charge in [0.15, 0.2) is 0 Å². The third-order valence-corrected chi connectivity index (χ3v) is 3.13. The quantitative estimate of drug-likeness (QED) is 0.874. The van der Waals surface area contributed by atoms with Gasteiger partial charge in [-0.25, -0.2) is 4.39 Å². The van der Waals surface area contributed by atoms with Gasteiger partial charge in [0.1, 0.15) is 12.4 Å². The highest BCUT2D eigenvalue weighted by atomic mass is 19.1. The second-order valence-corrected chi connectivity index (χ2v) is 4.77. The van der Waals surface area contributed by atoms with E-state index in [1.165, 1.54) is 17.0 Å². The van der Waals surface area contributed by atoms with Gasteiger partial charge in [0.2, 0.25) is 0 Å². The number of halogens is 1. The molecule has 0 unspecified atom stereocenters. The van der Waals surface area contributed by atoms with Gasteiger partial charge in [-0.3, -0.25) is 4.79 Å². The number of carbonyl (C=O) groups is 1. The Labute approximate surface area is 106 Å². The van der Waals surface area contributed by atoms with Gasteiger partial charge in [0.05, 0.1) is 5.60 Å². The smallest absolute Gasteiger partial charge is 0.252 e. The Morgan fingerprint density at radius 2 is 2.06 bits per heavy atom. The van der Waals surface area contributed by atoms with Gasteiger partial charge in [-0.1, -0.05) is 0 Å². The lowest BCUT2D eigenvalue weighted by Gasteiger charge is -2.39. The molecule has 1 aromatic carbocycles. The lowest BCUT2D eigenvalue weighted by molar-refractivity contribution is -0.133. The highest BCUT2D eigenvalue weighted by molar-refractivity contribution is 5.93. The first kappa shape index (κ1) is 13.0. The second-order valence-electron chi connectivity index (χ2n) is 4.77. The van der Waals surface area contributed by atoms with Crippen molar-refractivity contribution < 1.29 is 13.9 Å². The van der Waals surface area contributed by atoms with E-state index in [0.29, 0.717) is 5.69 Å².